The monoisotopic (exact) mass is 351 g/mol. The summed E-state index contributed by atoms with van der Waals surface area (Å²) in [4.78, 5) is 0. The summed E-state index contributed by atoms with van der Waals surface area (Å²) in [5, 5.41) is 3.30. The highest BCUT2D eigenvalue weighted by Gasteiger charge is 2.20. The number of ether oxygens (including phenoxy) is 1. The number of aryl methyl sites for hydroxylation is 2. The maximum absolute atomic E-state index is 13.7. The number of benzene rings is 2. The number of halogens is 2. The van der Waals surface area contributed by atoms with E-state index in [9.17, 15) is 4.39 Å². The second-order valence-electron chi connectivity index (χ2n) is 5.09. The van der Waals surface area contributed by atoms with E-state index in [-0.39, 0.29) is 11.9 Å². The van der Waals surface area contributed by atoms with E-state index in [0.717, 1.165) is 11.1 Å². The van der Waals surface area contributed by atoms with Crippen LogP contribution in [-0.4, -0.2) is 14.2 Å². The lowest BCUT2D eigenvalue weighted by Crippen LogP contribution is -2.20. The van der Waals surface area contributed by atoms with Crippen LogP contribution in [0.1, 0.15) is 28.3 Å². The molecule has 0 fully saturated rings. The molecule has 2 nitrogen and oxygen atoms in total. The third-order valence-electron chi connectivity index (χ3n) is 3.62. The molecule has 4 heteroatoms. The Hall–Kier alpha value is -1.39. The first-order valence-electron chi connectivity index (χ1n) is 6.75. The Morgan fingerprint density at radius 3 is 2.48 bits per heavy atom. The van der Waals surface area contributed by atoms with Crippen molar-refractivity contribution in [2.75, 3.05) is 14.2 Å². The first-order chi connectivity index (χ1) is 9.97. The van der Waals surface area contributed by atoms with Crippen molar-refractivity contribution >= 4 is 15.9 Å². The molecular weight excluding hydrogens is 333 g/mol. The molecule has 0 saturated heterocycles. The Bertz CT molecular complexity index is 657. The smallest absolute Gasteiger partial charge is 0.141 e. The Labute approximate surface area is 133 Å². The second-order valence-corrected chi connectivity index (χ2v) is 5.94. The van der Waals surface area contributed by atoms with E-state index in [1.165, 1.54) is 17.2 Å². The molecule has 1 N–H and O–H groups in total. The van der Waals surface area contributed by atoms with E-state index < -0.39 is 0 Å². The average molecular weight is 352 g/mol. The summed E-state index contributed by atoms with van der Waals surface area (Å²) in [6.07, 6.45) is 0. The first kappa shape index (κ1) is 16.0. The van der Waals surface area contributed by atoms with Gasteiger partial charge in [0.1, 0.15) is 11.6 Å². The van der Waals surface area contributed by atoms with Crippen molar-refractivity contribution in [3.8, 4) is 5.75 Å². The molecule has 2 aromatic rings. The summed E-state index contributed by atoms with van der Waals surface area (Å²) >= 11 is 3.25. The normalized spacial score (nSPS) is 12.3. The lowest BCUT2D eigenvalue weighted by molar-refractivity contribution is 0.401. The molecule has 0 saturated carbocycles. The standard InChI is InChI=1S/C17H19BrFNO/c1-10-5-6-11(2)12(7-10)17(20-3)13-8-14(18)15(19)9-16(13)21-4/h5-9,17,20H,1-4H3. The Balaban J connectivity index is 2.61. The fourth-order valence-corrected chi connectivity index (χ4v) is 2.86. The fourth-order valence-electron chi connectivity index (χ4n) is 2.50. The molecule has 0 radical (unpaired) electrons. The maximum atomic E-state index is 13.7. The van der Waals surface area contributed by atoms with Gasteiger partial charge in [-0.1, -0.05) is 23.8 Å². The molecule has 0 amide bonds. The van der Waals surface area contributed by atoms with Crippen LogP contribution in [0.2, 0.25) is 0 Å². The van der Waals surface area contributed by atoms with Gasteiger partial charge in [-0.2, -0.15) is 0 Å². The molecule has 2 aromatic carbocycles. The van der Waals surface area contributed by atoms with Crippen LogP contribution in [0.5, 0.6) is 5.75 Å². The van der Waals surface area contributed by atoms with Gasteiger partial charge in [-0.05, 0) is 54.0 Å². The molecule has 1 atom stereocenters. The molecule has 0 bridgehead atoms. The van der Waals surface area contributed by atoms with Crippen molar-refractivity contribution in [1.82, 2.24) is 5.32 Å². The second kappa shape index (κ2) is 6.58. The van der Waals surface area contributed by atoms with E-state index in [2.05, 4.69) is 53.3 Å². The minimum absolute atomic E-state index is 0.0586. The average Bonchev–Trinajstić information content (AvgIpc) is 2.46. The largest absolute Gasteiger partial charge is 0.496 e. The zero-order valence-corrected chi connectivity index (χ0v) is 14.2. The van der Waals surface area contributed by atoms with Gasteiger partial charge in [0, 0.05) is 11.6 Å². The third-order valence-corrected chi connectivity index (χ3v) is 4.23. The van der Waals surface area contributed by atoms with Crippen LogP contribution in [0.15, 0.2) is 34.8 Å². The van der Waals surface area contributed by atoms with E-state index in [0.29, 0.717) is 10.2 Å². The molecular formula is C17H19BrFNO. The molecule has 2 rings (SSSR count). The highest BCUT2D eigenvalue weighted by Crippen LogP contribution is 2.35. The summed E-state index contributed by atoms with van der Waals surface area (Å²) in [5.41, 5.74) is 4.44. The zero-order chi connectivity index (χ0) is 15.6. The highest BCUT2D eigenvalue weighted by molar-refractivity contribution is 9.10. The van der Waals surface area contributed by atoms with Crippen molar-refractivity contribution in [3.63, 3.8) is 0 Å². The summed E-state index contributed by atoms with van der Waals surface area (Å²) in [5.74, 6) is 0.211. The minimum Gasteiger partial charge on any atom is -0.496 e. The molecule has 1 unspecified atom stereocenters. The minimum atomic E-state index is -0.327. The van der Waals surface area contributed by atoms with Gasteiger partial charge in [-0.25, -0.2) is 4.39 Å². The Morgan fingerprint density at radius 2 is 1.86 bits per heavy atom. The molecule has 112 valence electrons. The van der Waals surface area contributed by atoms with Crippen LogP contribution in [0.4, 0.5) is 4.39 Å². The van der Waals surface area contributed by atoms with Crippen molar-refractivity contribution in [3.05, 3.63) is 62.9 Å². The number of hydrogen-bond donors (Lipinski definition) is 1. The van der Waals surface area contributed by atoms with Crippen molar-refractivity contribution < 1.29 is 9.13 Å². The van der Waals surface area contributed by atoms with Crippen molar-refractivity contribution in [2.24, 2.45) is 0 Å². The van der Waals surface area contributed by atoms with Gasteiger partial charge in [0.25, 0.3) is 0 Å². The van der Waals surface area contributed by atoms with E-state index in [1.807, 2.05) is 7.05 Å². The van der Waals surface area contributed by atoms with E-state index in [1.54, 1.807) is 13.2 Å². The lowest BCUT2D eigenvalue weighted by atomic mass is 9.93. The topological polar surface area (TPSA) is 21.3 Å². The number of hydrogen-bond acceptors (Lipinski definition) is 2. The predicted molar refractivity (Wildman–Crippen MR) is 87.5 cm³/mol. The highest BCUT2D eigenvalue weighted by atomic mass is 79.9. The SMILES string of the molecule is CNC(c1cc(C)ccc1C)c1cc(Br)c(F)cc1OC. The predicted octanol–water partition coefficient (Wildman–Crippen LogP) is 4.52. The first-order valence-corrected chi connectivity index (χ1v) is 7.54. The third kappa shape index (κ3) is 3.27. The van der Waals surface area contributed by atoms with Gasteiger partial charge >= 0.3 is 0 Å². The molecule has 0 aliphatic carbocycles. The molecule has 0 aromatic heterocycles. The number of methoxy groups -OCH3 is 1. The molecule has 0 spiro atoms. The van der Waals surface area contributed by atoms with Crippen LogP contribution < -0.4 is 10.1 Å². The van der Waals surface area contributed by atoms with Gasteiger partial charge in [0.05, 0.1) is 17.6 Å². The maximum Gasteiger partial charge on any atom is 0.141 e. The summed E-state index contributed by atoms with van der Waals surface area (Å²) in [7, 11) is 3.45. The molecule has 0 heterocycles. The van der Waals surface area contributed by atoms with Gasteiger partial charge in [0.15, 0.2) is 0 Å². The van der Waals surface area contributed by atoms with Gasteiger partial charge in [0.2, 0.25) is 0 Å². The van der Waals surface area contributed by atoms with E-state index >= 15 is 0 Å². The van der Waals surface area contributed by atoms with Crippen molar-refractivity contribution in [2.45, 2.75) is 19.9 Å². The Kier molecular flexibility index (Phi) is 5.01. The number of nitrogens with one attached hydrogen (secondary N) is 1. The summed E-state index contributed by atoms with van der Waals surface area (Å²) < 4.78 is 19.5. The van der Waals surface area contributed by atoms with Crippen LogP contribution in [0.3, 0.4) is 0 Å². The lowest BCUT2D eigenvalue weighted by Gasteiger charge is -2.22. The molecule has 21 heavy (non-hydrogen) atoms. The fraction of sp³-hybridized carbons (Fsp3) is 0.294. The van der Waals surface area contributed by atoms with Crippen molar-refractivity contribution in [1.29, 1.82) is 0 Å². The van der Waals surface area contributed by atoms with Crippen LogP contribution in [-0.2, 0) is 0 Å². The quantitative estimate of drug-likeness (QED) is 0.873. The Morgan fingerprint density at radius 1 is 1.14 bits per heavy atom. The summed E-state index contributed by atoms with van der Waals surface area (Å²) in [6, 6.07) is 9.46. The van der Waals surface area contributed by atoms with Gasteiger partial charge in [-0.15, -0.1) is 0 Å². The summed E-state index contributed by atoms with van der Waals surface area (Å²) in [6.45, 7) is 4.14. The van der Waals surface area contributed by atoms with Crippen LogP contribution >= 0.6 is 15.9 Å². The van der Waals surface area contributed by atoms with Crippen LogP contribution in [0.25, 0.3) is 0 Å². The van der Waals surface area contributed by atoms with Gasteiger partial charge in [-0.3, -0.25) is 0 Å². The molecule has 0 aliphatic heterocycles. The molecule has 0 aliphatic rings. The van der Waals surface area contributed by atoms with Gasteiger partial charge < -0.3 is 10.1 Å². The number of rotatable bonds is 4. The van der Waals surface area contributed by atoms with Crippen LogP contribution in [0, 0.1) is 19.7 Å². The van der Waals surface area contributed by atoms with E-state index in [4.69, 9.17) is 4.74 Å². The zero-order valence-electron chi connectivity index (χ0n) is 12.6.